The van der Waals surface area contributed by atoms with E-state index in [9.17, 15) is 18.0 Å². The largest absolute Gasteiger partial charge is 0.475 e. The molecule has 0 aromatic heterocycles. The number of benzene rings is 2. The van der Waals surface area contributed by atoms with Gasteiger partial charge in [-0.15, -0.1) is 0 Å². The van der Waals surface area contributed by atoms with E-state index in [2.05, 4.69) is 0 Å². The van der Waals surface area contributed by atoms with E-state index in [0.29, 0.717) is 36.4 Å². The SMILES string of the molecule is COC(=O)[C@H]1CN(C(=O)[C@H]2CCCN(S(=O)(=O)c3cc(C)ccc3C)C2)c2ccccc2O1. The van der Waals surface area contributed by atoms with Gasteiger partial charge in [-0.1, -0.05) is 24.3 Å². The van der Waals surface area contributed by atoms with E-state index in [1.165, 1.54) is 16.3 Å². The number of para-hydroxylation sites is 2. The Kier molecular flexibility index (Phi) is 6.45. The number of hydrogen-bond donors (Lipinski definition) is 0. The minimum atomic E-state index is -3.74. The van der Waals surface area contributed by atoms with Gasteiger partial charge in [0.15, 0.2) is 0 Å². The summed E-state index contributed by atoms with van der Waals surface area (Å²) in [5, 5.41) is 0. The van der Waals surface area contributed by atoms with Crippen LogP contribution in [-0.4, -0.2) is 57.4 Å². The number of methoxy groups -OCH3 is 1. The van der Waals surface area contributed by atoms with Gasteiger partial charge < -0.3 is 14.4 Å². The standard InChI is InChI=1S/C24H28N2O6S/c1-16-10-11-17(2)22(13-16)33(29,30)25-12-6-7-18(14-25)23(27)26-15-21(24(28)31-3)32-20-9-5-4-8-19(20)26/h4-5,8-11,13,18,21H,6-7,12,14-15H2,1-3H3/t18-,21+/m0/s1. The van der Waals surface area contributed by atoms with Crippen molar-refractivity contribution in [1.82, 2.24) is 4.31 Å². The Morgan fingerprint density at radius 2 is 1.85 bits per heavy atom. The number of carbonyl (C=O) groups is 2. The Morgan fingerprint density at radius 1 is 1.09 bits per heavy atom. The molecule has 2 atom stereocenters. The second-order valence-corrected chi connectivity index (χ2v) is 10.4. The number of amides is 1. The number of nitrogens with zero attached hydrogens (tertiary/aromatic N) is 2. The van der Waals surface area contributed by atoms with Gasteiger partial charge in [-0.3, -0.25) is 4.79 Å². The first-order valence-corrected chi connectivity index (χ1v) is 12.4. The number of piperidine rings is 1. The van der Waals surface area contributed by atoms with Crippen LogP contribution in [0.15, 0.2) is 47.4 Å². The lowest BCUT2D eigenvalue weighted by atomic mass is 9.97. The number of ether oxygens (including phenoxy) is 2. The number of esters is 1. The molecule has 0 unspecified atom stereocenters. The molecule has 2 aromatic rings. The van der Waals surface area contributed by atoms with Crippen LogP contribution in [0, 0.1) is 19.8 Å². The fourth-order valence-corrected chi connectivity index (χ4v) is 6.24. The highest BCUT2D eigenvalue weighted by Crippen LogP contribution is 2.36. The molecule has 0 radical (unpaired) electrons. The van der Waals surface area contributed by atoms with Crippen molar-refractivity contribution in [3.8, 4) is 5.75 Å². The third-order valence-corrected chi connectivity index (χ3v) is 8.21. The second kappa shape index (κ2) is 9.15. The van der Waals surface area contributed by atoms with E-state index < -0.39 is 28.0 Å². The summed E-state index contributed by atoms with van der Waals surface area (Å²) in [4.78, 5) is 27.6. The lowest BCUT2D eigenvalue weighted by Crippen LogP contribution is -2.52. The zero-order valence-electron chi connectivity index (χ0n) is 19.0. The molecular formula is C24H28N2O6S. The Bertz CT molecular complexity index is 1180. The van der Waals surface area contributed by atoms with Crippen LogP contribution in [0.25, 0.3) is 0 Å². The Morgan fingerprint density at radius 3 is 2.61 bits per heavy atom. The summed E-state index contributed by atoms with van der Waals surface area (Å²) in [5.41, 5.74) is 2.11. The summed E-state index contributed by atoms with van der Waals surface area (Å²) in [7, 11) is -2.46. The molecule has 8 nitrogen and oxygen atoms in total. The molecule has 2 aromatic carbocycles. The van der Waals surface area contributed by atoms with Crippen LogP contribution in [0.4, 0.5) is 5.69 Å². The van der Waals surface area contributed by atoms with Crippen LogP contribution in [-0.2, 0) is 24.3 Å². The molecule has 9 heteroatoms. The number of sulfonamides is 1. The highest BCUT2D eigenvalue weighted by Gasteiger charge is 2.40. The number of hydrogen-bond acceptors (Lipinski definition) is 6. The number of anilines is 1. The molecule has 0 N–H and O–H groups in total. The topological polar surface area (TPSA) is 93.2 Å². The van der Waals surface area contributed by atoms with E-state index in [1.807, 2.05) is 13.0 Å². The number of fused-ring (bicyclic) bond motifs is 1. The van der Waals surface area contributed by atoms with Crippen molar-refractivity contribution in [3.05, 3.63) is 53.6 Å². The molecule has 1 fully saturated rings. The van der Waals surface area contributed by atoms with Crippen molar-refractivity contribution < 1.29 is 27.5 Å². The average molecular weight is 473 g/mol. The molecule has 0 saturated carbocycles. The Labute approximate surface area is 194 Å². The third kappa shape index (κ3) is 4.47. The minimum absolute atomic E-state index is 0.0166. The van der Waals surface area contributed by atoms with Gasteiger partial charge in [0, 0.05) is 13.1 Å². The third-order valence-electron chi connectivity index (χ3n) is 6.20. The summed E-state index contributed by atoms with van der Waals surface area (Å²) in [5.74, 6) is -0.892. The van der Waals surface area contributed by atoms with Crippen molar-refractivity contribution in [3.63, 3.8) is 0 Å². The van der Waals surface area contributed by atoms with Gasteiger partial charge in [0.1, 0.15) is 5.75 Å². The molecule has 2 heterocycles. The van der Waals surface area contributed by atoms with Crippen molar-refractivity contribution in [2.75, 3.05) is 31.6 Å². The van der Waals surface area contributed by atoms with Gasteiger partial charge in [-0.2, -0.15) is 4.31 Å². The first-order chi connectivity index (χ1) is 15.7. The van der Waals surface area contributed by atoms with E-state index >= 15 is 0 Å². The summed E-state index contributed by atoms with van der Waals surface area (Å²) >= 11 is 0. The summed E-state index contributed by atoms with van der Waals surface area (Å²) in [6.45, 7) is 4.11. The summed E-state index contributed by atoms with van der Waals surface area (Å²) in [6.07, 6.45) is 0.208. The minimum Gasteiger partial charge on any atom is -0.475 e. The van der Waals surface area contributed by atoms with Crippen molar-refractivity contribution in [1.29, 1.82) is 0 Å². The first kappa shape index (κ1) is 23.3. The molecule has 2 aliphatic rings. The van der Waals surface area contributed by atoms with E-state index in [0.717, 1.165) is 5.56 Å². The average Bonchev–Trinajstić information content (AvgIpc) is 2.83. The lowest BCUT2D eigenvalue weighted by Gasteiger charge is -2.38. The zero-order valence-corrected chi connectivity index (χ0v) is 19.8. The van der Waals surface area contributed by atoms with E-state index in [4.69, 9.17) is 9.47 Å². The highest BCUT2D eigenvalue weighted by atomic mass is 32.2. The van der Waals surface area contributed by atoms with E-state index in [1.54, 1.807) is 43.3 Å². The van der Waals surface area contributed by atoms with Gasteiger partial charge >= 0.3 is 5.97 Å². The van der Waals surface area contributed by atoms with Crippen LogP contribution >= 0.6 is 0 Å². The molecule has 4 rings (SSSR count). The van der Waals surface area contributed by atoms with Gasteiger partial charge in [0.05, 0.1) is 30.2 Å². The highest BCUT2D eigenvalue weighted by molar-refractivity contribution is 7.89. The maximum absolute atomic E-state index is 13.6. The van der Waals surface area contributed by atoms with Crippen molar-refractivity contribution in [2.45, 2.75) is 37.7 Å². The molecule has 1 saturated heterocycles. The van der Waals surface area contributed by atoms with Crippen LogP contribution in [0.2, 0.25) is 0 Å². The number of aryl methyl sites for hydroxylation is 2. The normalized spacial score (nSPS) is 21.1. The second-order valence-electron chi connectivity index (χ2n) is 8.52. The predicted octanol–water partition coefficient (Wildman–Crippen LogP) is 2.67. The molecule has 1 amide bonds. The van der Waals surface area contributed by atoms with Crippen LogP contribution in [0.1, 0.15) is 24.0 Å². The van der Waals surface area contributed by atoms with Gasteiger partial charge in [-0.25, -0.2) is 13.2 Å². The van der Waals surface area contributed by atoms with Gasteiger partial charge in [0.2, 0.25) is 22.0 Å². The molecular weight excluding hydrogens is 444 g/mol. The molecule has 33 heavy (non-hydrogen) atoms. The lowest BCUT2D eigenvalue weighted by molar-refractivity contribution is -0.148. The smallest absolute Gasteiger partial charge is 0.348 e. The van der Waals surface area contributed by atoms with Crippen molar-refractivity contribution >= 4 is 27.6 Å². The Balaban J connectivity index is 1.60. The maximum Gasteiger partial charge on any atom is 0.348 e. The number of rotatable bonds is 4. The van der Waals surface area contributed by atoms with E-state index in [-0.39, 0.29) is 23.9 Å². The predicted molar refractivity (Wildman–Crippen MR) is 123 cm³/mol. The van der Waals surface area contributed by atoms with Gasteiger partial charge in [0.25, 0.3) is 0 Å². The van der Waals surface area contributed by atoms with Crippen LogP contribution in [0.5, 0.6) is 5.75 Å². The summed E-state index contributed by atoms with van der Waals surface area (Å²) < 4.78 is 38.8. The quantitative estimate of drug-likeness (QED) is 0.636. The Hall–Kier alpha value is -2.91. The molecule has 0 aliphatic carbocycles. The molecule has 2 aliphatic heterocycles. The fourth-order valence-electron chi connectivity index (χ4n) is 4.40. The summed E-state index contributed by atoms with van der Waals surface area (Å²) in [6, 6.07) is 12.4. The molecule has 0 bridgehead atoms. The fraction of sp³-hybridized carbons (Fsp3) is 0.417. The molecule has 176 valence electrons. The van der Waals surface area contributed by atoms with Crippen LogP contribution in [0.3, 0.4) is 0 Å². The first-order valence-electron chi connectivity index (χ1n) is 10.9. The van der Waals surface area contributed by atoms with Crippen molar-refractivity contribution in [2.24, 2.45) is 5.92 Å². The van der Waals surface area contributed by atoms with Crippen LogP contribution < -0.4 is 9.64 Å². The maximum atomic E-state index is 13.6. The molecule has 0 spiro atoms. The zero-order chi connectivity index (χ0) is 23.8. The number of carbonyl (C=O) groups excluding carboxylic acids is 2. The van der Waals surface area contributed by atoms with Gasteiger partial charge in [-0.05, 0) is 56.0 Å². The monoisotopic (exact) mass is 472 g/mol.